The van der Waals surface area contributed by atoms with E-state index < -0.39 is 29.7 Å². The Bertz CT molecular complexity index is 880. The number of rotatable bonds is 10. The molecule has 1 saturated carbocycles. The highest BCUT2D eigenvalue weighted by atomic mass is 16.6. The molecule has 1 aromatic carbocycles. The van der Waals surface area contributed by atoms with Crippen LogP contribution in [0.2, 0.25) is 0 Å². The summed E-state index contributed by atoms with van der Waals surface area (Å²) >= 11 is 0. The van der Waals surface area contributed by atoms with Gasteiger partial charge in [-0.15, -0.1) is 0 Å². The van der Waals surface area contributed by atoms with Gasteiger partial charge < -0.3 is 29.2 Å². The highest BCUT2D eigenvalue weighted by Crippen LogP contribution is 2.30. The van der Waals surface area contributed by atoms with Gasteiger partial charge in [-0.2, -0.15) is 0 Å². The third-order valence-electron chi connectivity index (χ3n) is 6.77. The fraction of sp³-hybridized carbons (Fsp3) is 0.679. The van der Waals surface area contributed by atoms with Crippen molar-refractivity contribution in [3.05, 3.63) is 35.9 Å². The van der Waals surface area contributed by atoms with Crippen LogP contribution < -0.4 is 5.32 Å². The van der Waals surface area contributed by atoms with Gasteiger partial charge in [-0.25, -0.2) is 9.59 Å². The lowest BCUT2D eigenvalue weighted by Crippen LogP contribution is -2.55. The smallest absolute Gasteiger partial charge is 0.408 e. The molecule has 1 aliphatic carbocycles. The van der Waals surface area contributed by atoms with Gasteiger partial charge in [0.1, 0.15) is 17.7 Å². The Balaban J connectivity index is 1.62. The predicted octanol–water partition coefficient (Wildman–Crippen LogP) is 3.84. The van der Waals surface area contributed by atoms with Crippen LogP contribution in [0.1, 0.15) is 64.9 Å². The first kappa shape index (κ1) is 28.9. The molecule has 1 aliphatic heterocycles. The topological polar surface area (TPSA) is 103 Å². The van der Waals surface area contributed by atoms with Crippen LogP contribution in [-0.4, -0.2) is 73.5 Å². The standard InChI is InChI=1S/C28H42N2O7/c1-28(2,3)37-27(33)29-24(21-13-9-6-10-14-21)25(31)30-18-22(17-23(30)26(32)34-4)36-16-15-35-19-20-11-7-5-8-12-20/h5,7-8,11-12,21-24H,6,9-10,13-19H2,1-4H3,(H,29,33). The van der Waals surface area contributed by atoms with Crippen LogP contribution in [0, 0.1) is 5.92 Å². The molecule has 2 aliphatic rings. The Morgan fingerprint density at radius 1 is 1.05 bits per heavy atom. The van der Waals surface area contributed by atoms with Crippen LogP contribution in [0.5, 0.6) is 0 Å². The molecule has 0 bridgehead atoms. The molecule has 1 saturated heterocycles. The van der Waals surface area contributed by atoms with Gasteiger partial charge in [0.05, 0.1) is 33.0 Å². The number of nitrogens with zero attached hydrogens (tertiary/aromatic N) is 1. The number of benzene rings is 1. The Morgan fingerprint density at radius 3 is 2.41 bits per heavy atom. The van der Waals surface area contributed by atoms with Gasteiger partial charge in [0.2, 0.25) is 5.91 Å². The molecule has 0 aromatic heterocycles. The maximum Gasteiger partial charge on any atom is 0.408 e. The molecule has 9 nitrogen and oxygen atoms in total. The monoisotopic (exact) mass is 518 g/mol. The van der Waals surface area contributed by atoms with Gasteiger partial charge in [-0.05, 0) is 45.1 Å². The first-order valence-electron chi connectivity index (χ1n) is 13.3. The van der Waals surface area contributed by atoms with Gasteiger partial charge in [0.15, 0.2) is 0 Å². The quantitative estimate of drug-likeness (QED) is 0.371. The molecule has 1 N–H and O–H groups in total. The van der Waals surface area contributed by atoms with Crippen molar-refractivity contribution in [2.45, 2.75) is 89.7 Å². The van der Waals surface area contributed by atoms with Gasteiger partial charge in [0, 0.05) is 13.0 Å². The van der Waals surface area contributed by atoms with Crippen molar-refractivity contribution in [2.75, 3.05) is 26.9 Å². The van der Waals surface area contributed by atoms with E-state index in [-0.39, 0.29) is 24.5 Å². The van der Waals surface area contributed by atoms with Crippen molar-refractivity contribution >= 4 is 18.0 Å². The molecule has 1 aromatic rings. The number of carbonyl (C=O) groups excluding carboxylic acids is 3. The fourth-order valence-corrected chi connectivity index (χ4v) is 5.02. The van der Waals surface area contributed by atoms with E-state index in [0.717, 1.165) is 37.7 Å². The average molecular weight is 519 g/mol. The van der Waals surface area contributed by atoms with E-state index in [0.29, 0.717) is 26.2 Å². The van der Waals surface area contributed by atoms with Gasteiger partial charge in [-0.3, -0.25) is 4.79 Å². The number of ether oxygens (including phenoxy) is 4. The molecule has 37 heavy (non-hydrogen) atoms. The Hall–Kier alpha value is -2.65. The van der Waals surface area contributed by atoms with E-state index >= 15 is 0 Å². The normalized spacial score (nSPS) is 21.4. The van der Waals surface area contributed by atoms with E-state index in [2.05, 4.69) is 5.32 Å². The van der Waals surface area contributed by atoms with E-state index in [1.54, 1.807) is 20.8 Å². The number of hydrogen-bond acceptors (Lipinski definition) is 7. The second kappa shape index (κ2) is 13.8. The van der Waals surface area contributed by atoms with Crippen LogP contribution in [0.3, 0.4) is 0 Å². The number of alkyl carbamates (subject to hydrolysis) is 1. The van der Waals surface area contributed by atoms with E-state index in [4.69, 9.17) is 18.9 Å². The summed E-state index contributed by atoms with van der Waals surface area (Å²) in [6, 6.07) is 8.34. The molecule has 2 fully saturated rings. The molecule has 3 unspecified atom stereocenters. The number of methoxy groups -OCH3 is 1. The number of amides is 2. The molecule has 1 heterocycles. The second-order valence-corrected chi connectivity index (χ2v) is 10.8. The SMILES string of the molecule is COC(=O)C1CC(OCCOCc2ccccc2)CN1C(=O)C(NC(=O)OC(C)(C)C)C1CCCCC1. The first-order chi connectivity index (χ1) is 17.7. The molecule has 3 rings (SSSR count). The summed E-state index contributed by atoms with van der Waals surface area (Å²) in [6.45, 7) is 6.82. The average Bonchev–Trinajstić information content (AvgIpc) is 3.30. The summed E-state index contributed by atoms with van der Waals surface area (Å²) in [4.78, 5) is 40.6. The van der Waals surface area contributed by atoms with Crippen LogP contribution in [-0.2, 0) is 35.1 Å². The van der Waals surface area contributed by atoms with Crippen molar-refractivity contribution in [2.24, 2.45) is 5.92 Å². The van der Waals surface area contributed by atoms with Crippen LogP contribution in [0.25, 0.3) is 0 Å². The zero-order valence-electron chi connectivity index (χ0n) is 22.6. The van der Waals surface area contributed by atoms with Gasteiger partial charge >= 0.3 is 12.1 Å². The first-order valence-corrected chi connectivity index (χ1v) is 13.3. The molecular formula is C28H42N2O7. The molecule has 3 atom stereocenters. The number of carbonyl (C=O) groups is 3. The Kier molecular flexibility index (Phi) is 10.8. The minimum atomic E-state index is -0.768. The molecule has 206 valence electrons. The third-order valence-corrected chi connectivity index (χ3v) is 6.77. The molecule has 9 heteroatoms. The van der Waals surface area contributed by atoms with Gasteiger partial charge in [-0.1, -0.05) is 49.6 Å². The fourth-order valence-electron chi connectivity index (χ4n) is 5.02. The van der Waals surface area contributed by atoms with E-state index in [1.165, 1.54) is 12.0 Å². The number of hydrogen-bond donors (Lipinski definition) is 1. The summed E-state index contributed by atoms with van der Waals surface area (Å²) in [5, 5.41) is 2.82. The Morgan fingerprint density at radius 2 is 1.76 bits per heavy atom. The summed E-state index contributed by atoms with van der Waals surface area (Å²) < 4.78 is 22.1. The van der Waals surface area contributed by atoms with E-state index in [9.17, 15) is 14.4 Å². The molecule has 0 spiro atoms. The zero-order valence-corrected chi connectivity index (χ0v) is 22.6. The van der Waals surface area contributed by atoms with Crippen LogP contribution >= 0.6 is 0 Å². The minimum absolute atomic E-state index is 0.0154. The van der Waals surface area contributed by atoms with Crippen molar-refractivity contribution in [3.63, 3.8) is 0 Å². The lowest BCUT2D eigenvalue weighted by atomic mass is 9.83. The van der Waals surface area contributed by atoms with Crippen molar-refractivity contribution in [3.8, 4) is 0 Å². The largest absolute Gasteiger partial charge is 0.467 e. The maximum absolute atomic E-state index is 13.8. The number of esters is 1. The predicted molar refractivity (Wildman–Crippen MR) is 138 cm³/mol. The summed E-state index contributed by atoms with van der Waals surface area (Å²) in [7, 11) is 1.31. The minimum Gasteiger partial charge on any atom is -0.467 e. The lowest BCUT2D eigenvalue weighted by molar-refractivity contribution is -0.152. The van der Waals surface area contributed by atoms with Crippen molar-refractivity contribution < 1.29 is 33.3 Å². The van der Waals surface area contributed by atoms with Crippen molar-refractivity contribution in [1.29, 1.82) is 0 Å². The molecule has 2 amide bonds. The highest BCUT2D eigenvalue weighted by Gasteiger charge is 2.45. The van der Waals surface area contributed by atoms with Crippen molar-refractivity contribution in [1.82, 2.24) is 10.2 Å². The summed E-state index contributed by atoms with van der Waals surface area (Å²) in [6.07, 6.45) is 4.15. The second-order valence-electron chi connectivity index (χ2n) is 10.8. The maximum atomic E-state index is 13.8. The third kappa shape index (κ3) is 9.00. The number of nitrogens with one attached hydrogen (secondary N) is 1. The Labute approximate surface area is 220 Å². The van der Waals surface area contributed by atoms with Gasteiger partial charge in [0.25, 0.3) is 0 Å². The zero-order chi connectivity index (χ0) is 26.8. The highest BCUT2D eigenvalue weighted by molar-refractivity contribution is 5.90. The molecular weight excluding hydrogens is 476 g/mol. The van der Waals surface area contributed by atoms with E-state index in [1.807, 2.05) is 30.3 Å². The van der Waals surface area contributed by atoms with Crippen LogP contribution in [0.15, 0.2) is 30.3 Å². The molecule has 0 radical (unpaired) electrons. The summed E-state index contributed by atoms with van der Waals surface area (Å²) in [5.74, 6) is -0.794. The lowest BCUT2D eigenvalue weighted by Gasteiger charge is -2.34. The summed E-state index contributed by atoms with van der Waals surface area (Å²) in [5.41, 5.74) is 0.394. The number of likely N-dealkylation sites (tertiary alicyclic amines) is 1. The van der Waals surface area contributed by atoms with Crippen LogP contribution in [0.4, 0.5) is 4.79 Å².